The zero-order valence-corrected chi connectivity index (χ0v) is 19.5. The molecule has 170 valence electrons. The molecule has 0 aliphatic carbocycles. The normalized spacial score (nSPS) is 19.0. The maximum Gasteiger partial charge on any atom is 0.262 e. The quantitative estimate of drug-likeness (QED) is 0.670. The van der Waals surface area contributed by atoms with Crippen molar-refractivity contribution in [2.24, 2.45) is 5.92 Å². The number of ether oxygens (including phenoxy) is 1. The molecule has 2 N–H and O–H groups in total. The van der Waals surface area contributed by atoms with E-state index in [1.165, 1.54) is 16.4 Å². The van der Waals surface area contributed by atoms with E-state index in [9.17, 15) is 18.0 Å². The highest BCUT2D eigenvalue weighted by Gasteiger charge is 2.35. The Morgan fingerprint density at radius 3 is 2.78 bits per heavy atom. The molecule has 0 aromatic heterocycles. The minimum atomic E-state index is -3.98. The lowest BCUT2D eigenvalue weighted by molar-refractivity contribution is -0.121. The summed E-state index contributed by atoms with van der Waals surface area (Å²) in [4.78, 5) is 24.2. The summed E-state index contributed by atoms with van der Waals surface area (Å²) >= 11 is 12.2. The van der Waals surface area contributed by atoms with Crippen molar-refractivity contribution in [3.05, 3.63) is 45.9 Å². The smallest absolute Gasteiger partial charge is 0.262 e. The maximum atomic E-state index is 13.3. The first kappa shape index (κ1) is 22.8. The molecule has 0 bridgehead atoms. The number of nitrogens with zero attached hydrogens (tertiary/aromatic N) is 1. The number of nitrogens with one attached hydrogen (secondary N) is 2. The standard InChI is InChI=1S/C21H21Cl2N3O5S/c1-12-7-14(22)4-5-16(12)25-21(28)13-3-2-6-26(10-13)32(29,30)19-9-18-17(8-15(19)23)24-20(27)11-31-18/h4-5,7-9,13H,2-3,6,10-11H2,1H3,(H,24,27)(H,25,28)/t13-/m0/s1. The number of sulfonamides is 1. The molecule has 8 nitrogen and oxygen atoms in total. The van der Waals surface area contributed by atoms with Gasteiger partial charge in [-0.05, 0) is 49.6 Å². The van der Waals surface area contributed by atoms with E-state index >= 15 is 0 Å². The Morgan fingerprint density at radius 1 is 1.25 bits per heavy atom. The van der Waals surface area contributed by atoms with Gasteiger partial charge in [0.25, 0.3) is 5.91 Å². The second kappa shape index (κ2) is 8.90. The molecule has 2 aromatic carbocycles. The van der Waals surface area contributed by atoms with Gasteiger partial charge in [0.15, 0.2) is 6.61 Å². The monoisotopic (exact) mass is 497 g/mol. The van der Waals surface area contributed by atoms with Crippen LogP contribution >= 0.6 is 23.2 Å². The van der Waals surface area contributed by atoms with E-state index < -0.39 is 15.9 Å². The summed E-state index contributed by atoms with van der Waals surface area (Å²) in [6.07, 6.45) is 1.10. The van der Waals surface area contributed by atoms with Gasteiger partial charge in [-0.2, -0.15) is 4.31 Å². The van der Waals surface area contributed by atoms with Crippen LogP contribution in [-0.4, -0.2) is 44.2 Å². The number of amides is 2. The summed E-state index contributed by atoms with van der Waals surface area (Å²) in [5, 5.41) is 6.00. The van der Waals surface area contributed by atoms with Crippen molar-refractivity contribution in [3.63, 3.8) is 0 Å². The van der Waals surface area contributed by atoms with Crippen LogP contribution in [0.15, 0.2) is 35.2 Å². The molecule has 2 amide bonds. The Balaban J connectivity index is 1.53. The summed E-state index contributed by atoms with van der Waals surface area (Å²) in [5.41, 5.74) is 1.77. The molecule has 32 heavy (non-hydrogen) atoms. The number of hydrogen-bond acceptors (Lipinski definition) is 5. The van der Waals surface area contributed by atoms with E-state index in [4.69, 9.17) is 27.9 Å². The predicted molar refractivity (Wildman–Crippen MR) is 122 cm³/mol. The van der Waals surface area contributed by atoms with Gasteiger partial charge < -0.3 is 15.4 Å². The number of carbonyl (C=O) groups excluding carboxylic acids is 2. The van der Waals surface area contributed by atoms with Gasteiger partial charge in [-0.15, -0.1) is 0 Å². The molecule has 0 radical (unpaired) electrons. The third-order valence-corrected chi connectivity index (χ3v) is 8.05. The lowest BCUT2D eigenvalue weighted by Gasteiger charge is -2.32. The van der Waals surface area contributed by atoms with Gasteiger partial charge in [0.05, 0.1) is 16.6 Å². The Morgan fingerprint density at radius 2 is 2.03 bits per heavy atom. The topological polar surface area (TPSA) is 105 Å². The molecule has 1 saturated heterocycles. The lowest BCUT2D eigenvalue weighted by atomic mass is 9.98. The average Bonchev–Trinajstić information content (AvgIpc) is 2.75. The largest absolute Gasteiger partial charge is 0.482 e. The van der Waals surface area contributed by atoms with Crippen molar-refractivity contribution in [2.45, 2.75) is 24.7 Å². The highest BCUT2D eigenvalue weighted by molar-refractivity contribution is 7.89. The van der Waals surface area contributed by atoms with E-state index in [-0.39, 0.29) is 47.2 Å². The summed E-state index contributed by atoms with van der Waals surface area (Å²) in [7, 11) is -3.98. The molecule has 4 rings (SSSR count). The highest BCUT2D eigenvalue weighted by atomic mass is 35.5. The lowest BCUT2D eigenvalue weighted by Crippen LogP contribution is -2.43. The van der Waals surface area contributed by atoms with Crippen LogP contribution in [-0.2, 0) is 19.6 Å². The van der Waals surface area contributed by atoms with Gasteiger partial charge in [-0.3, -0.25) is 9.59 Å². The number of halogens is 2. The molecule has 11 heteroatoms. The zero-order chi connectivity index (χ0) is 23.0. The van der Waals surface area contributed by atoms with Crippen LogP contribution in [0.4, 0.5) is 11.4 Å². The van der Waals surface area contributed by atoms with Gasteiger partial charge in [0, 0.05) is 29.9 Å². The van der Waals surface area contributed by atoms with Crippen molar-refractivity contribution in [1.82, 2.24) is 4.31 Å². The first-order valence-electron chi connectivity index (χ1n) is 9.98. The molecule has 0 unspecified atom stereocenters. The number of carbonyl (C=O) groups is 2. The van der Waals surface area contributed by atoms with Gasteiger partial charge >= 0.3 is 0 Å². The molecule has 0 spiro atoms. The number of anilines is 2. The Bertz CT molecular complexity index is 1200. The second-order valence-electron chi connectivity index (χ2n) is 7.77. The molecule has 2 aliphatic heterocycles. The summed E-state index contributed by atoms with van der Waals surface area (Å²) < 4.78 is 33.3. The van der Waals surface area contributed by atoms with Crippen molar-refractivity contribution < 1.29 is 22.7 Å². The highest BCUT2D eigenvalue weighted by Crippen LogP contribution is 2.37. The Labute approximate surface area is 195 Å². The molecular weight excluding hydrogens is 477 g/mol. The molecule has 1 atom stereocenters. The van der Waals surface area contributed by atoms with E-state index in [0.717, 1.165) is 5.56 Å². The first-order valence-corrected chi connectivity index (χ1v) is 12.2. The van der Waals surface area contributed by atoms with E-state index in [1.54, 1.807) is 18.2 Å². The van der Waals surface area contributed by atoms with Crippen LogP contribution in [0.25, 0.3) is 0 Å². The molecule has 1 fully saturated rings. The minimum Gasteiger partial charge on any atom is -0.482 e. The number of fused-ring (bicyclic) bond motifs is 1. The van der Waals surface area contributed by atoms with Crippen molar-refractivity contribution in [1.29, 1.82) is 0 Å². The number of piperidine rings is 1. The minimum absolute atomic E-state index is 0.0297. The third kappa shape index (κ3) is 4.56. The van der Waals surface area contributed by atoms with Gasteiger partial charge in [-0.25, -0.2) is 8.42 Å². The van der Waals surface area contributed by atoms with Crippen molar-refractivity contribution in [3.8, 4) is 5.75 Å². The van der Waals surface area contributed by atoms with Crippen molar-refractivity contribution >= 4 is 56.4 Å². The molecular formula is C21H21Cl2N3O5S. The second-order valence-corrected chi connectivity index (χ2v) is 10.5. The van der Waals surface area contributed by atoms with Crippen LogP contribution < -0.4 is 15.4 Å². The SMILES string of the molecule is Cc1cc(Cl)ccc1NC(=O)[C@H]1CCCN(S(=O)(=O)c2cc3c(cc2Cl)NC(=O)CO3)C1. The van der Waals surface area contributed by atoms with Crippen molar-refractivity contribution in [2.75, 3.05) is 30.3 Å². The van der Waals surface area contributed by atoms with E-state index in [2.05, 4.69) is 10.6 Å². The molecule has 0 saturated carbocycles. The molecule has 2 aliphatic rings. The number of aryl methyl sites for hydroxylation is 1. The van der Waals surface area contributed by atoms with Crippen LogP contribution in [0.1, 0.15) is 18.4 Å². The fourth-order valence-electron chi connectivity index (χ4n) is 3.80. The number of benzene rings is 2. The van der Waals surface area contributed by atoms with Crippen LogP contribution in [0, 0.1) is 12.8 Å². The first-order chi connectivity index (χ1) is 15.1. The Kier molecular flexibility index (Phi) is 6.35. The number of rotatable bonds is 4. The van der Waals surface area contributed by atoms with Gasteiger partial charge in [-0.1, -0.05) is 23.2 Å². The fraction of sp³-hybridized carbons (Fsp3) is 0.333. The summed E-state index contributed by atoms with van der Waals surface area (Å²) in [5.74, 6) is -0.875. The van der Waals surface area contributed by atoms with Gasteiger partial charge in [0.2, 0.25) is 15.9 Å². The fourth-order valence-corrected chi connectivity index (χ4v) is 6.06. The van der Waals surface area contributed by atoms with E-state index in [0.29, 0.717) is 29.2 Å². The van der Waals surface area contributed by atoms with Crippen LogP contribution in [0.5, 0.6) is 5.75 Å². The average molecular weight is 498 g/mol. The van der Waals surface area contributed by atoms with E-state index in [1.807, 2.05) is 6.92 Å². The molecule has 2 aromatic rings. The molecule has 2 heterocycles. The number of hydrogen-bond donors (Lipinski definition) is 2. The zero-order valence-electron chi connectivity index (χ0n) is 17.2. The van der Waals surface area contributed by atoms with Gasteiger partial charge in [0.1, 0.15) is 10.6 Å². The summed E-state index contributed by atoms with van der Waals surface area (Å²) in [6, 6.07) is 7.83. The van der Waals surface area contributed by atoms with Crippen LogP contribution in [0.2, 0.25) is 10.0 Å². The summed E-state index contributed by atoms with van der Waals surface area (Å²) in [6.45, 7) is 1.94. The maximum absolute atomic E-state index is 13.3. The Hall–Kier alpha value is -2.33. The third-order valence-electron chi connectivity index (χ3n) is 5.49. The van der Waals surface area contributed by atoms with Crippen LogP contribution in [0.3, 0.4) is 0 Å². The predicted octanol–water partition coefficient (Wildman–Crippen LogP) is 3.67.